The second-order valence-corrected chi connectivity index (χ2v) is 3.39. The first-order valence-corrected chi connectivity index (χ1v) is 4.08. The SMILES string of the molecule is C.CCN(C)CN(C)CN(C)C. The average molecular weight is 175 g/mol. The van der Waals surface area contributed by atoms with E-state index in [9.17, 15) is 0 Å². The van der Waals surface area contributed by atoms with E-state index in [1.54, 1.807) is 0 Å². The Balaban J connectivity index is 0. The van der Waals surface area contributed by atoms with Crippen LogP contribution in [0.1, 0.15) is 14.4 Å². The first-order valence-electron chi connectivity index (χ1n) is 4.08. The Morgan fingerprint density at radius 1 is 0.833 bits per heavy atom. The van der Waals surface area contributed by atoms with Gasteiger partial charge in [0.15, 0.2) is 0 Å². The number of nitrogens with zero attached hydrogens (tertiary/aromatic N) is 3. The van der Waals surface area contributed by atoms with Crippen LogP contribution in [0.4, 0.5) is 0 Å². The summed E-state index contributed by atoms with van der Waals surface area (Å²) in [6, 6.07) is 0. The normalized spacial score (nSPS) is 11.0. The van der Waals surface area contributed by atoms with Crippen molar-refractivity contribution in [1.82, 2.24) is 14.7 Å². The molecule has 0 aliphatic carbocycles. The molecule has 0 atom stereocenters. The van der Waals surface area contributed by atoms with Gasteiger partial charge in [-0.1, -0.05) is 14.4 Å². The highest BCUT2D eigenvalue weighted by Gasteiger charge is 2.01. The van der Waals surface area contributed by atoms with E-state index in [0.717, 1.165) is 19.9 Å². The maximum absolute atomic E-state index is 2.28. The molecule has 3 heteroatoms. The van der Waals surface area contributed by atoms with Gasteiger partial charge in [-0.05, 0) is 34.7 Å². The summed E-state index contributed by atoms with van der Waals surface area (Å²) in [6.45, 7) is 5.33. The summed E-state index contributed by atoms with van der Waals surface area (Å²) >= 11 is 0. The fraction of sp³-hybridized carbons (Fsp3) is 1.00. The molecule has 76 valence electrons. The first-order chi connectivity index (χ1) is 5.06. The summed E-state index contributed by atoms with van der Waals surface area (Å²) in [7, 11) is 8.43. The standard InChI is InChI=1S/C8H21N3.CH4/c1-6-10(4)8-11(5)7-9(2)3;/h6-8H2,1-5H3;1H4. The molecule has 0 rings (SSSR count). The Labute approximate surface area is 77.9 Å². The summed E-state index contributed by atoms with van der Waals surface area (Å²) < 4.78 is 0. The van der Waals surface area contributed by atoms with Crippen molar-refractivity contribution in [2.45, 2.75) is 14.4 Å². The van der Waals surface area contributed by atoms with Crippen molar-refractivity contribution < 1.29 is 0 Å². The van der Waals surface area contributed by atoms with Crippen LogP contribution in [0.2, 0.25) is 0 Å². The van der Waals surface area contributed by atoms with E-state index in [4.69, 9.17) is 0 Å². The fourth-order valence-corrected chi connectivity index (χ4v) is 1.04. The van der Waals surface area contributed by atoms with Gasteiger partial charge in [-0.15, -0.1) is 0 Å². The summed E-state index contributed by atoms with van der Waals surface area (Å²) in [5, 5.41) is 0. The summed E-state index contributed by atoms with van der Waals surface area (Å²) in [4.78, 5) is 6.73. The van der Waals surface area contributed by atoms with Crippen molar-refractivity contribution >= 4 is 0 Å². The van der Waals surface area contributed by atoms with Crippen molar-refractivity contribution in [3.05, 3.63) is 0 Å². The zero-order valence-electron chi connectivity index (χ0n) is 8.46. The Bertz CT molecular complexity index is 93.8. The van der Waals surface area contributed by atoms with Gasteiger partial charge >= 0.3 is 0 Å². The van der Waals surface area contributed by atoms with E-state index in [1.165, 1.54) is 0 Å². The highest BCUT2D eigenvalue weighted by molar-refractivity contribution is 4.48. The van der Waals surface area contributed by atoms with Gasteiger partial charge in [-0.3, -0.25) is 14.7 Å². The number of hydrogen-bond donors (Lipinski definition) is 0. The topological polar surface area (TPSA) is 9.72 Å². The highest BCUT2D eigenvalue weighted by atomic mass is 15.3. The zero-order valence-corrected chi connectivity index (χ0v) is 8.46. The molecule has 0 bridgehead atoms. The van der Waals surface area contributed by atoms with Crippen LogP contribution >= 0.6 is 0 Å². The first kappa shape index (κ1) is 14.4. The molecule has 0 unspecified atom stereocenters. The van der Waals surface area contributed by atoms with Crippen molar-refractivity contribution in [2.24, 2.45) is 0 Å². The van der Waals surface area contributed by atoms with Gasteiger partial charge in [0, 0.05) is 0 Å². The molecule has 0 aromatic rings. The van der Waals surface area contributed by atoms with Gasteiger partial charge in [-0.2, -0.15) is 0 Å². The maximum atomic E-state index is 2.28. The largest absolute Gasteiger partial charge is 0.297 e. The molecule has 0 aliphatic heterocycles. The molecule has 0 saturated heterocycles. The average Bonchev–Trinajstić information content (AvgIpc) is 1.85. The minimum absolute atomic E-state index is 0. The van der Waals surface area contributed by atoms with Gasteiger partial charge in [0.2, 0.25) is 0 Å². The summed E-state index contributed by atoms with van der Waals surface area (Å²) in [6.07, 6.45) is 0. The van der Waals surface area contributed by atoms with Gasteiger partial charge in [0.1, 0.15) is 0 Å². The van der Waals surface area contributed by atoms with Gasteiger partial charge in [0.25, 0.3) is 0 Å². The predicted molar refractivity (Wildman–Crippen MR) is 56.2 cm³/mol. The van der Waals surface area contributed by atoms with Crippen LogP contribution in [-0.2, 0) is 0 Å². The Kier molecular flexibility index (Phi) is 9.03. The van der Waals surface area contributed by atoms with E-state index in [1.807, 2.05) is 0 Å². The lowest BCUT2D eigenvalue weighted by molar-refractivity contribution is 0.135. The van der Waals surface area contributed by atoms with Crippen LogP contribution in [0.3, 0.4) is 0 Å². The predicted octanol–water partition coefficient (Wildman–Crippen LogP) is 0.983. The fourth-order valence-electron chi connectivity index (χ4n) is 1.04. The lowest BCUT2D eigenvalue weighted by atomic mass is 10.6. The third-order valence-corrected chi connectivity index (χ3v) is 1.55. The summed E-state index contributed by atoms with van der Waals surface area (Å²) in [5.41, 5.74) is 0. The quantitative estimate of drug-likeness (QED) is 0.577. The van der Waals surface area contributed by atoms with Crippen molar-refractivity contribution in [2.75, 3.05) is 48.1 Å². The molecule has 0 spiro atoms. The van der Waals surface area contributed by atoms with Crippen LogP contribution in [0.25, 0.3) is 0 Å². The molecular weight excluding hydrogens is 150 g/mol. The van der Waals surface area contributed by atoms with Gasteiger partial charge in [-0.25, -0.2) is 0 Å². The molecule has 0 fully saturated rings. The third kappa shape index (κ3) is 7.98. The van der Waals surface area contributed by atoms with Crippen LogP contribution in [0.15, 0.2) is 0 Å². The Hall–Kier alpha value is -0.120. The van der Waals surface area contributed by atoms with Gasteiger partial charge in [0.05, 0.1) is 13.3 Å². The molecule has 0 aliphatic rings. The molecule has 0 heterocycles. The van der Waals surface area contributed by atoms with Crippen molar-refractivity contribution in [3.63, 3.8) is 0 Å². The van der Waals surface area contributed by atoms with E-state index in [-0.39, 0.29) is 7.43 Å². The molecule has 0 aromatic heterocycles. The lowest BCUT2D eigenvalue weighted by Gasteiger charge is -2.25. The van der Waals surface area contributed by atoms with Crippen LogP contribution in [0.5, 0.6) is 0 Å². The minimum Gasteiger partial charge on any atom is -0.297 e. The molecule has 0 aromatic carbocycles. The highest BCUT2D eigenvalue weighted by Crippen LogP contribution is 1.87. The third-order valence-electron chi connectivity index (χ3n) is 1.55. The molecule has 0 amide bonds. The molecular formula is C9H25N3. The summed E-state index contributed by atoms with van der Waals surface area (Å²) in [5.74, 6) is 0. The second kappa shape index (κ2) is 7.53. The lowest BCUT2D eigenvalue weighted by Crippen LogP contribution is -2.38. The maximum Gasteiger partial charge on any atom is 0.0512 e. The van der Waals surface area contributed by atoms with E-state index < -0.39 is 0 Å². The monoisotopic (exact) mass is 175 g/mol. The van der Waals surface area contributed by atoms with Crippen molar-refractivity contribution in [1.29, 1.82) is 0 Å². The molecule has 0 radical (unpaired) electrons. The Morgan fingerprint density at radius 2 is 1.33 bits per heavy atom. The zero-order chi connectivity index (χ0) is 8.85. The Morgan fingerprint density at radius 3 is 1.67 bits per heavy atom. The second-order valence-electron chi connectivity index (χ2n) is 3.39. The van der Waals surface area contributed by atoms with E-state index >= 15 is 0 Å². The molecule has 0 N–H and O–H groups in total. The van der Waals surface area contributed by atoms with Gasteiger partial charge < -0.3 is 0 Å². The van der Waals surface area contributed by atoms with Crippen molar-refractivity contribution in [3.8, 4) is 0 Å². The van der Waals surface area contributed by atoms with Crippen LogP contribution < -0.4 is 0 Å². The molecule has 3 nitrogen and oxygen atoms in total. The van der Waals surface area contributed by atoms with E-state index in [2.05, 4.69) is 49.8 Å². The molecule has 0 saturated carbocycles. The van der Waals surface area contributed by atoms with E-state index in [0.29, 0.717) is 0 Å². The van der Waals surface area contributed by atoms with Crippen LogP contribution in [-0.4, -0.2) is 62.8 Å². The smallest absolute Gasteiger partial charge is 0.0512 e. The number of hydrogen-bond acceptors (Lipinski definition) is 3. The minimum atomic E-state index is 0. The van der Waals surface area contributed by atoms with Crippen LogP contribution in [0, 0.1) is 0 Å². The number of rotatable bonds is 5. The molecule has 12 heavy (non-hydrogen) atoms.